The molecule has 6 heteroatoms. The Labute approximate surface area is 98.5 Å². The van der Waals surface area contributed by atoms with Gasteiger partial charge in [0, 0.05) is 24.1 Å². The number of carbonyl (C=O) groups excluding carboxylic acids is 2. The molecule has 0 radical (unpaired) electrons. The smallest absolute Gasteiger partial charge is 0.331 e. The Kier molecular flexibility index (Phi) is 7.09. The number of carboxylic acids is 1. The molecule has 1 N–H and O–H groups in total. The number of hydrogen-bond acceptors (Lipinski definition) is 5. The van der Waals surface area contributed by atoms with Crippen LogP contribution < -0.4 is 0 Å². The van der Waals surface area contributed by atoms with Gasteiger partial charge in [0.15, 0.2) is 0 Å². The number of carboxylic acid groups (broad SMARTS) is 1. The van der Waals surface area contributed by atoms with E-state index in [-0.39, 0.29) is 18.8 Å². The summed E-state index contributed by atoms with van der Waals surface area (Å²) in [4.78, 5) is 32.0. The Morgan fingerprint density at radius 3 is 2.18 bits per heavy atom. The van der Waals surface area contributed by atoms with Crippen LogP contribution in [0, 0.1) is 0 Å². The van der Waals surface area contributed by atoms with Gasteiger partial charge in [-0.1, -0.05) is 6.58 Å². The van der Waals surface area contributed by atoms with Gasteiger partial charge in [0.1, 0.15) is 0 Å². The number of rotatable bonds is 7. The van der Waals surface area contributed by atoms with Gasteiger partial charge >= 0.3 is 17.9 Å². The van der Waals surface area contributed by atoms with Crippen LogP contribution in [0.1, 0.15) is 13.3 Å². The van der Waals surface area contributed by atoms with Crippen molar-refractivity contribution in [3.8, 4) is 0 Å². The Morgan fingerprint density at radius 2 is 1.71 bits per heavy atom. The Morgan fingerprint density at radius 1 is 1.18 bits per heavy atom. The van der Waals surface area contributed by atoms with Crippen molar-refractivity contribution in [3.63, 3.8) is 0 Å². The van der Waals surface area contributed by atoms with E-state index in [1.54, 1.807) is 0 Å². The normalized spacial score (nSPS) is 10.5. The quantitative estimate of drug-likeness (QED) is 0.401. The van der Waals surface area contributed by atoms with E-state index in [0.29, 0.717) is 6.42 Å². The molecular weight excluding hydrogens is 228 g/mol. The third-order valence-electron chi connectivity index (χ3n) is 1.62. The maximum atomic E-state index is 11.0. The highest BCUT2D eigenvalue weighted by molar-refractivity contribution is 5.94. The molecule has 6 nitrogen and oxygen atoms in total. The molecule has 0 saturated heterocycles. The minimum absolute atomic E-state index is 0.0483. The first-order valence-corrected chi connectivity index (χ1v) is 4.85. The van der Waals surface area contributed by atoms with E-state index in [9.17, 15) is 14.4 Å². The van der Waals surface area contributed by atoms with Crippen molar-refractivity contribution in [1.29, 1.82) is 0 Å². The van der Waals surface area contributed by atoms with E-state index in [4.69, 9.17) is 5.11 Å². The van der Waals surface area contributed by atoms with Crippen LogP contribution in [0.15, 0.2) is 24.3 Å². The van der Waals surface area contributed by atoms with Crippen molar-refractivity contribution in [2.24, 2.45) is 0 Å². The Hall–Kier alpha value is -2.11. The first kappa shape index (κ1) is 14.9. The minimum Gasteiger partial charge on any atom is -0.478 e. The molecule has 0 bridgehead atoms. The zero-order valence-corrected chi connectivity index (χ0v) is 9.47. The number of aliphatic carboxylic acids is 1. The molecule has 17 heavy (non-hydrogen) atoms. The zero-order chi connectivity index (χ0) is 13.3. The molecule has 0 aromatic heterocycles. The molecule has 0 aliphatic carbocycles. The fourth-order valence-electron chi connectivity index (χ4n) is 0.744. The van der Waals surface area contributed by atoms with Crippen LogP contribution >= 0.6 is 0 Å². The van der Waals surface area contributed by atoms with Crippen molar-refractivity contribution in [1.82, 2.24) is 0 Å². The molecule has 0 aliphatic rings. The van der Waals surface area contributed by atoms with E-state index >= 15 is 0 Å². The van der Waals surface area contributed by atoms with Gasteiger partial charge in [-0.3, -0.25) is 0 Å². The van der Waals surface area contributed by atoms with Crippen LogP contribution in [0.2, 0.25) is 0 Å². The summed E-state index contributed by atoms with van der Waals surface area (Å²) in [6.07, 6.45) is 2.26. The van der Waals surface area contributed by atoms with Crippen molar-refractivity contribution in [2.45, 2.75) is 13.3 Å². The molecule has 0 rings (SSSR count). The van der Waals surface area contributed by atoms with Gasteiger partial charge in [0.05, 0.1) is 13.2 Å². The lowest BCUT2D eigenvalue weighted by atomic mass is 10.3. The average molecular weight is 242 g/mol. The molecule has 0 aromatic rings. The first-order chi connectivity index (χ1) is 7.97. The van der Waals surface area contributed by atoms with E-state index in [0.717, 1.165) is 12.2 Å². The zero-order valence-electron chi connectivity index (χ0n) is 9.47. The molecule has 0 atom stereocenters. The van der Waals surface area contributed by atoms with E-state index in [1.807, 2.05) is 0 Å². The van der Waals surface area contributed by atoms with Crippen LogP contribution in [0.5, 0.6) is 0 Å². The fourth-order valence-corrected chi connectivity index (χ4v) is 0.744. The Bertz CT molecular complexity index is 342. The molecule has 94 valence electrons. The van der Waals surface area contributed by atoms with Crippen LogP contribution in [-0.4, -0.2) is 36.2 Å². The molecule has 0 saturated carbocycles. The summed E-state index contributed by atoms with van der Waals surface area (Å²) in [5.41, 5.74) is -0.104. The predicted octanol–water partition coefficient (Wildman–Crippen LogP) is 0.680. The third-order valence-corrected chi connectivity index (χ3v) is 1.62. The highest BCUT2D eigenvalue weighted by Gasteiger charge is 2.05. The third kappa shape index (κ3) is 7.78. The summed E-state index contributed by atoms with van der Waals surface area (Å²) >= 11 is 0. The molecule has 0 heterocycles. The van der Waals surface area contributed by atoms with Gasteiger partial charge in [-0.15, -0.1) is 0 Å². The monoisotopic (exact) mass is 242 g/mol. The van der Waals surface area contributed by atoms with Gasteiger partial charge < -0.3 is 14.6 Å². The summed E-state index contributed by atoms with van der Waals surface area (Å²) in [5, 5.41) is 8.49. The maximum Gasteiger partial charge on any atom is 0.331 e. The van der Waals surface area contributed by atoms with Crippen molar-refractivity contribution in [2.75, 3.05) is 13.2 Å². The van der Waals surface area contributed by atoms with Crippen LogP contribution in [-0.2, 0) is 23.9 Å². The maximum absolute atomic E-state index is 11.0. The standard InChI is InChI=1S/C11H14O6/c1-3-9(12)16-5-4-6-17-10(13)7-8(2)11(14)15/h3,7H,1,4-6H2,2H3,(H,14,15)/b8-7-. The van der Waals surface area contributed by atoms with Gasteiger partial charge in [-0.05, 0) is 6.92 Å². The summed E-state index contributed by atoms with van der Waals surface area (Å²) in [6.45, 7) is 4.66. The Balaban J connectivity index is 3.72. The second-order valence-electron chi connectivity index (χ2n) is 3.03. The first-order valence-electron chi connectivity index (χ1n) is 4.85. The molecule has 0 spiro atoms. The van der Waals surface area contributed by atoms with E-state index in [2.05, 4.69) is 16.1 Å². The second kappa shape index (κ2) is 8.09. The summed E-state index contributed by atoms with van der Waals surface area (Å²) in [7, 11) is 0. The van der Waals surface area contributed by atoms with Gasteiger partial charge in [-0.2, -0.15) is 0 Å². The summed E-state index contributed by atoms with van der Waals surface area (Å²) in [6, 6.07) is 0. The largest absolute Gasteiger partial charge is 0.478 e. The number of esters is 2. The van der Waals surface area contributed by atoms with Crippen molar-refractivity contribution >= 4 is 17.9 Å². The fraction of sp³-hybridized carbons (Fsp3) is 0.364. The van der Waals surface area contributed by atoms with Crippen molar-refractivity contribution < 1.29 is 29.0 Å². The number of ether oxygens (including phenoxy) is 2. The minimum atomic E-state index is -1.18. The average Bonchev–Trinajstić information content (AvgIpc) is 2.27. The number of hydrogen-bond donors (Lipinski definition) is 1. The van der Waals surface area contributed by atoms with Crippen LogP contribution in [0.3, 0.4) is 0 Å². The van der Waals surface area contributed by atoms with Gasteiger partial charge in [0.2, 0.25) is 0 Å². The highest BCUT2D eigenvalue weighted by atomic mass is 16.5. The summed E-state index contributed by atoms with van der Waals surface area (Å²) < 4.78 is 9.32. The van der Waals surface area contributed by atoms with Gasteiger partial charge in [-0.25, -0.2) is 14.4 Å². The predicted molar refractivity (Wildman–Crippen MR) is 58.1 cm³/mol. The second-order valence-corrected chi connectivity index (χ2v) is 3.03. The topological polar surface area (TPSA) is 89.9 Å². The van der Waals surface area contributed by atoms with Gasteiger partial charge in [0.25, 0.3) is 0 Å². The molecule has 0 unspecified atom stereocenters. The van der Waals surface area contributed by atoms with Crippen LogP contribution in [0.4, 0.5) is 0 Å². The van der Waals surface area contributed by atoms with E-state index in [1.165, 1.54) is 6.92 Å². The molecular formula is C11H14O6. The SMILES string of the molecule is C=CC(=O)OCCCOC(=O)/C=C(/C)C(=O)O. The van der Waals surface area contributed by atoms with Crippen molar-refractivity contribution in [3.05, 3.63) is 24.3 Å². The molecule has 0 aliphatic heterocycles. The van der Waals surface area contributed by atoms with E-state index < -0.39 is 17.9 Å². The summed E-state index contributed by atoms with van der Waals surface area (Å²) in [5.74, 6) is -2.46. The molecule has 0 fully saturated rings. The molecule has 0 aromatic carbocycles. The lowest BCUT2D eigenvalue weighted by Gasteiger charge is -2.03. The molecule has 0 amide bonds. The lowest BCUT2D eigenvalue weighted by molar-refractivity contribution is -0.141. The number of carbonyl (C=O) groups is 3. The lowest BCUT2D eigenvalue weighted by Crippen LogP contribution is -2.09. The van der Waals surface area contributed by atoms with Crippen LogP contribution in [0.25, 0.3) is 0 Å². The highest BCUT2D eigenvalue weighted by Crippen LogP contribution is 1.95.